The fraction of sp³-hybridized carbons (Fsp3) is 0.448. The van der Waals surface area contributed by atoms with Gasteiger partial charge in [-0.25, -0.2) is 0 Å². The first-order valence-corrected chi connectivity index (χ1v) is 12.4. The molecule has 5 nitrogen and oxygen atoms in total. The highest BCUT2D eigenvalue weighted by Crippen LogP contribution is 2.43. The Bertz CT molecular complexity index is 1060. The van der Waals surface area contributed by atoms with Gasteiger partial charge < -0.3 is 14.7 Å². The first-order chi connectivity index (χ1) is 16.3. The van der Waals surface area contributed by atoms with Crippen LogP contribution in [0.1, 0.15) is 82.0 Å². The van der Waals surface area contributed by atoms with Crippen LogP contribution < -0.4 is 4.74 Å². The van der Waals surface area contributed by atoms with Gasteiger partial charge in [-0.2, -0.15) is 0 Å². The lowest BCUT2D eigenvalue weighted by Gasteiger charge is -2.31. The number of ether oxygens (including phenoxy) is 1. The Labute approximate surface area is 202 Å². The van der Waals surface area contributed by atoms with Crippen LogP contribution in [0.25, 0.3) is 5.76 Å². The molecule has 2 fully saturated rings. The van der Waals surface area contributed by atoms with Crippen molar-refractivity contribution < 1.29 is 19.4 Å². The molecule has 34 heavy (non-hydrogen) atoms. The number of amides is 1. The summed E-state index contributed by atoms with van der Waals surface area (Å²) in [4.78, 5) is 28.2. The third-order valence-corrected chi connectivity index (χ3v) is 6.83. The van der Waals surface area contributed by atoms with Gasteiger partial charge in [0.25, 0.3) is 11.7 Å². The summed E-state index contributed by atoms with van der Waals surface area (Å²) in [7, 11) is 0. The zero-order valence-electron chi connectivity index (χ0n) is 20.6. The molecule has 2 aliphatic rings. The van der Waals surface area contributed by atoms with E-state index in [2.05, 4.69) is 39.8 Å². The first kappa shape index (κ1) is 24.1. The molecule has 4 rings (SSSR count). The predicted octanol–water partition coefficient (Wildman–Crippen LogP) is 6.21. The van der Waals surface area contributed by atoms with E-state index in [0.717, 1.165) is 31.2 Å². The SMILES string of the molecule is CC(C)COc1ccc(/C(O)=C2/C(=O)C(=O)N(C3CCCC3)C2c2ccc(C(C)C)cc2)cc1. The highest BCUT2D eigenvalue weighted by molar-refractivity contribution is 6.46. The summed E-state index contributed by atoms with van der Waals surface area (Å²) in [6.07, 6.45) is 3.86. The first-order valence-electron chi connectivity index (χ1n) is 12.4. The van der Waals surface area contributed by atoms with Crippen LogP contribution in [0.3, 0.4) is 0 Å². The minimum absolute atomic E-state index is 0.0170. The molecular weight excluding hydrogens is 426 g/mol. The van der Waals surface area contributed by atoms with Gasteiger partial charge in [0.1, 0.15) is 11.5 Å². The summed E-state index contributed by atoms with van der Waals surface area (Å²) in [5, 5.41) is 11.3. The van der Waals surface area contributed by atoms with Crippen molar-refractivity contribution in [2.24, 2.45) is 5.92 Å². The van der Waals surface area contributed by atoms with E-state index >= 15 is 0 Å². The quantitative estimate of drug-likeness (QED) is 0.302. The Morgan fingerprint density at radius 1 is 0.971 bits per heavy atom. The molecule has 0 bridgehead atoms. The summed E-state index contributed by atoms with van der Waals surface area (Å²) in [5.74, 6) is 0.240. The molecule has 2 aromatic carbocycles. The third-order valence-electron chi connectivity index (χ3n) is 6.83. The van der Waals surface area contributed by atoms with Crippen LogP contribution >= 0.6 is 0 Å². The van der Waals surface area contributed by atoms with Crippen LogP contribution in [0.4, 0.5) is 0 Å². The van der Waals surface area contributed by atoms with E-state index in [9.17, 15) is 14.7 Å². The Hall–Kier alpha value is -3.08. The largest absolute Gasteiger partial charge is 0.507 e. The fourth-order valence-corrected chi connectivity index (χ4v) is 4.93. The van der Waals surface area contributed by atoms with Gasteiger partial charge in [-0.1, -0.05) is 64.8 Å². The number of rotatable bonds is 7. The third kappa shape index (κ3) is 4.75. The average Bonchev–Trinajstić information content (AvgIpc) is 3.44. The molecule has 1 unspecified atom stereocenters. The molecule has 1 saturated heterocycles. The molecule has 1 aliphatic heterocycles. The van der Waals surface area contributed by atoms with Gasteiger partial charge in [-0.3, -0.25) is 9.59 Å². The number of carbonyl (C=O) groups is 2. The van der Waals surface area contributed by atoms with Gasteiger partial charge in [-0.05, 0) is 60.1 Å². The number of carbonyl (C=O) groups excluding carboxylic acids is 2. The maximum atomic E-state index is 13.3. The lowest BCUT2D eigenvalue weighted by Crippen LogP contribution is -2.37. The maximum Gasteiger partial charge on any atom is 0.295 e. The van der Waals surface area contributed by atoms with Crippen molar-refractivity contribution >= 4 is 17.4 Å². The van der Waals surface area contributed by atoms with Gasteiger partial charge in [0, 0.05) is 11.6 Å². The van der Waals surface area contributed by atoms with Crippen LogP contribution in [-0.2, 0) is 9.59 Å². The maximum absolute atomic E-state index is 13.3. The van der Waals surface area contributed by atoms with Gasteiger partial charge >= 0.3 is 0 Å². The molecule has 1 saturated carbocycles. The molecule has 0 radical (unpaired) electrons. The molecule has 0 aromatic heterocycles. The molecule has 5 heteroatoms. The number of hydrogen-bond acceptors (Lipinski definition) is 4. The molecule has 1 heterocycles. The average molecular weight is 462 g/mol. The monoisotopic (exact) mass is 461 g/mol. The lowest BCUT2D eigenvalue weighted by atomic mass is 9.92. The number of Topliss-reactive ketones (excluding diaryl/α,β-unsaturated/α-hetero) is 1. The highest BCUT2D eigenvalue weighted by Gasteiger charge is 2.49. The molecule has 2 aromatic rings. The highest BCUT2D eigenvalue weighted by atomic mass is 16.5. The van der Waals surface area contributed by atoms with E-state index < -0.39 is 17.7 Å². The number of aliphatic hydroxyl groups is 1. The Kier molecular flexibility index (Phi) is 7.11. The summed E-state index contributed by atoms with van der Waals surface area (Å²) in [6.45, 7) is 9.03. The van der Waals surface area contributed by atoms with Crippen LogP contribution in [0.15, 0.2) is 54.1 Å². The van der Waals surface area contributed by atoms with Crippen LogP contribution in [-0.4, -0.2) is 34.3 Å². The van der Waals surface area contributed by atoms with Crippen molar-refractivity contribution in [2.45, 2.75) is 71.4 Å². The smallest absolute Gasteiger partial charge is 0.295 e. The van der Waals surface area contributed by atoms with Crippen molar-refractivity contribution in [3.63, 3.8) is 0 Å². The van der Waals surface area contributed by atoms with E-state index in [0.29, 0.717) is 29.8 Å². The second-order valence-corrected chi connectivity index (χ2v) is 10.2. The molecule has 0 spiro atoms. The van der Waals surface area contributed by atoms with Gasteiger partial charge in [0.05, 0.1) is 18.2 Å². The van der Waals surface area contributed by atoms with E-state index in [4.69, 9.17) is 4.74 Å². The molecule has 1 atom stereocenters. The number of likely N-dealkylation sites (tertiary alicyclic amines) is 1. The van der Waals surface area contributed by atoms with Crippen LogP contribution in [0.2, 0.25) is 0 Å². The van der Waals surface area contributed by atoms with Crippen LogP contribution in [0.5, 0.6) is 5.75 Å². The molecular formula is C29H35NO4. The zero-order valence-corrected chi connectivity index (χ0v) is 20.6. The molecule has 180 valence electrons. The predicted molar refractivity (Wildman–Crippen MR) is 134 cm³/mol. The standard InChI is InChI=1S/C29H35NO4/c1-18(2)17-34-24-15-13-22(14-16-24)27(31)25-26(21-11-9-20(10-12-21)19(3)4)30(29(33)28(25)32)23-7-5-6-8-23/h9-16,18-19,23,26,31H,5-8,17H2,1-4H3/b27-25-. The van der Waals surface area contributed by atoms with E-state index in [1.54, 1.807) is 29.2 Å². The summed E-state index contributed by atoms with van der Waals surface area (Å²) >= 11 is 0. The van der Waals surface area contributed by atoms with Gasteiger partial charge in [-0.15, -0.1) is 0 Å². The lowest BCUT2D eigenvalue weighted by molar-refractivity contribution is -0.141. The molecule has 1 amide bonds. The van der Waals surface area contributed by atoms with Crippen molar-refractivity contribution in [1.82, 2.24) is 4.90 Å². The Morgan fingerprint density at radius 2 is 1.59 bits per heavy atom. The fourth-order valence-electron chi connectivity index (χ4n) is 4.93. The van der Waals surface area contributed by atoms with Crippen molar-refractivity contribution in [1.29, 1.82) is 0 Å². The molecule has 1 aliphatic carbocycles. The Balaban J connectivity index is 1.75. The minimum Gasteiger partial charge on any atom is -0.507 e. The van der Waals surface area contributed by atoms with Gasteiger partial charge in [0.2, 0.25) is 0 Å². The van der Waals surface area contributed by atoms with Gasteiger partial charge in [0.15, 0.2) is 0 Å². The van der Waals surface area contributed by atoms with E-state index in [-0.39, 0.29) is 17.4 Å². The number of nitrogens with zero attached hydrogens (tertiary/aromatic N) is 1. The normalized spacial score (nSPS) is 20.6. The second kappa shape index (κ2) is 10.0. The van der Waals surface area contributed by atoms with Crippen molar-refractivity contribution in [2.75, 3.05) is 6.61 Å². The van der Waals surface area contributed by atoms with Crippen LogP contribution in [0, 0.1) is 5.92 Å². The molecule has 1 N–H and O–H groups in total. The number of aliphatic hydroxyl groups excluding tert-OH is 1. The van der Waals surface area contributed by atoms with E-state index in [1.165, 1.54) is 5.56 Å². The zero-order chi connectivity index (χ0) is 24.4. The van der Waals surface area contributed by atoms with Crippen molar-refractivity contribution in [3.8, 4) is 5.75 Å². The number of benzene rings is 2. The summed E-state index contributed by atoms with van der Waals surface area (Å²) in [5.41, 5.74) is 2.72. The summed E-state index contributed by atoms with van der Waals surface area (Å²) in [6, 6.07) is 14.6. The number of hydrogen-bond donors (Lipinski definition) is 1. The topological polar surface area (TPSA) is 66.8 Å². The minimum atomic E-state index is -0.609. The van der Waals surface area contributed by atoms with E-state index in [1.807, 2.05) is 12.1 Å². The Morgan fingerprint density at radius 3 is 2.15 bits per heavy atom. The second-order valence-electron chi connectivity index (χ2n) is 10.2. The van der Waals surface area contributed by atoms with Crippen molar-refractivity contribution in [3.05, 3.63) is 70.8 Å². The number of ketones is 1. The summed E-state index contributed by atoms with van der Waals surface area (Å²) < 4.78 is 5.74.